The molecule has 1 aromatic rings. The second-order valence-electron chi connectivity index (χ2n) is 4.21. The van der Waals surface area contributed by atoms with Crippen LogP contribution in [0.3, 0.4) is 0 Å². The van der Waals surface area contributed by atoms with Gasteiger partial charge < -0.3 is 10.1 Å². The first kappa shape index (κ1) is 11.1. The van der Waals surface area contributed by atoms with Gasteiger partial charge in [-0.1, -0.05) is 6.07 Å². The molecule has 1 aliphatic rings. The number of carbonyl (C=O) groups is 1. The molecule has 1 aromatic carbocycles. The fourth-order valence-electron chi connectivity index (χ4n) is 2.21. The molecular weight excluding hydrogens is 202 g/mol. The van der Waals surface area contributed by atoms with Crippen molar-refractivity contribution in [3.05, 3.63) is 34.9 Å². The zero-order valence-corrected chi connectivity index (χ0v) is 9.75. The molecule has 0 amide bonds. The zero-order chi connectivity index (χ0) is 11.5. The minimum atomic E-state index is -0.265. The predicted molar refractivity (Wildman–Crippen MR) is 62.5 cm³/mol. The maximum atomic E-state index is 11.4. The highest BCUT2D eigenvalue weighted by Crippen LogP contribution is 2.26. The molecule has 1 fully saturated rings. The molecule has 1 atom stereocenters. The molecule has 2 rings (SSSR count). The molecule has 3 heteroatoms. The van der Waals surface area contributed by atoms with Crippen LogP contribution in [0.15, 0.2) is 18.2 Å². The van der Waals surface area contributed by atoms with Crippen LogP contribution in [0.4, 0.5) is 0 Å². The summed E-state index contributed by atoms with van der Waals surface area (Å²) in [4.78, 5) is 11.4. The number of carbonyl (C=O) groups excluding carboxylic acids is 1. The van der Waals surface area contributed by atoms with Crippen LogP contribution in [-0.4, -0.2) is 19.6 Å². The van der Waals surface area contributed by atoms with Crippen LogP contribution < -0.4 is 5.32 Å². The average molecular weight is 219 g/mol. The van der Waals surface area contributed by atoms with Crippen molar-refractivity contribution in [3.63, 3.8) is 0 Å². The molecular formula is C13H17NO2. The lowest BCUT2D eigenvalue weighted by atomic mass is 9.97. The molecule has 0 saturated carbocycles. The average Bonchev–Trinajstić information content (AvgIpc) is 2.82. The Balaban J connectivity index is 2.32. The predicted octanol–water partition coefficient (Wildman–Crippen LogP) is 2.21. The van der Waals surface area contributed by atoms with Crippen LogP contribution in [0.2, 0.25) is 0 Å². The van der Waals surface area contributed by atoms with Gasteiger partial charge in [0.15, 0.2) is 0 Å². The minimum absolute atomic E-state index is 0.265. The summed E-state index contributed by atoms with van der Waals surface area (Å²) >= 11 is 0. The van der Waals surface area contributed by atoms with Gasteiger partial charge in [0.25, 0.3) is 0 Å². The molecule has 1 heterocycles. The third-order valence-electron chi connectivity index (χ3n) is 3.14. The van der Waals surface area contributed by atoms with E-state index >= 15 is 0 Å². The number of nitrogens with one attached hydrogen (secondary N) is 1. The topological polar surface area (TPSA) is 38.3 Å². The van der Waals surface area contributed by atoms with Crippen molar-refractivity contribution in [3.8, 4) is 0 Å². The maximum absolute atomic E-state index is 11.4. The lowest BCUT2D eigenvalue weighted by Crippen LogP contribution is -2.15. The molecule has 86 valence electrons. The fourth-order valence-corrected chi connectivity index (χ4v) is 2.21. The Morgan fingerprint density at radius 1 is 1.50 bits per heavy atom. The van der Waals surface area contributed by atoms with Gasteiger partial charge in [-0.05, 0) is 49.6 Å². The van der Waals surface area contributed by atoms with Gasteiger partial charge in [0.2, 0.25) is 0 Å². The molecule has 1 N–H and O–H groups in total. The van der Waals surface area contributed by atoms with Crippen LogP contribution in [0.25, 0.3) is 0 Å². The van der Waals surface area contributed by atoms with E-state index in [0.717, 1.165) is 13.0 Å². The van der Waals surface area contributed by atoms with Crippen molar-refractivity contribution in [1.29, 1.82) is 0 Å². The van der Waals surface area contributed by atoms with Crippen molar-refractivity contribution < 1.29 is 9.53 Å². The SMILES string of the molecule is COC(=O)c1ccc(C)c(C2CCCN2)c1. The number of benzene rings is 1. The van der Waals surface area contributed by atoms with Gasteiger partial charge in [0, 0.05) is 6.04 Å². The molecule has 0 aliphatic carbocycles. The molecule has 16 heavy (non-hydrogen) atoms. The molecule has 1 aliphatic heterocycles. The second-order valence-corrected chi connectivity index (χ2v) is 4.21. The summed E-state index contributed by atoms with van der Waals surface area (Å²) < 4.78 is 4.73. The molecule has 0 bridgehead atoms. The van der Waals surface area contributed by atoms with Crippen LogP contribution in [-0.2, 0) is 4.74 Å². The van der Waals surface area contributed by atoms with Crippen LogP contribution in [0.1, 0.15) is 40.4 Å². The van der Waals surface area contributed by atoms with E-state index in [1.807, 2.05) is 18.2 Å². The van der Waals surface area contributed by atoms with E-state index in [9.17, 15) is 4.79 Å². The molecule has 3 nitrogen and oxygen atoms in total. The third-order valence-corrected chi connectivity index (χ3v) is 3.14. The number of rotatable bonds is 2. The molecule has 1 unspecified atom stereocenters. The van der Waals surface area contributed by atoms with E-state index < -0.39 is 0 Å². The third kappa shape index (κ3) is 2.09. The Labute approximate surface area is 95.8 Å². The largest absolute Gasteiger partial charge is 0.465 e. The Kier molecular flexibility index (Phi) is 3.25. The van der Waals surface area contributed by atoms with Crippen LogP contribution >= 0.6 is 0 Å². The summed E-state index contributed by atoms with van der Waals surface area (Å²) in [5.41, 5.74) is 3.09. The van der Waals surface area contributed by atoms with E-state index in [-0.39, 0.29) is 5.97 Å². The van der Waals surface area contributed by atoms with Gasteiger partial charge in [-0.2, -0.15) is 0 Å². The van der Waals surface area contributed by atoms with Gasteiger partial charge >= 0.3 is 5.97 Å². The zero-order valence-electron chi connectivity index (χ0n) is 9.75. The normalized spacial score (nSPS) is 19.8. The lowest BCUT2D eigenvalue weighted by molar-refractivity contribution is 0.0600. The Bertz CT molecular complexity index is 395. The number of hydrogen-bond donors (Lipinski definition) is 1. The van der Waals surface area contributed by atoms with Crippen molar-refractivity contribution in [2.45, 2.75) is 25.8 Å². The van der Waals surface area contributed by atoms with Gasteiger partial charge in [-0.15, -0.1) is 0 Å². The quantitative estimate of drug-likeness (QED) is 0.775. The van der Waals surface area contributed by atoms with E-state index in [1.54, 1.807) is 0 Å². The molecule has 0 spiro atoms. The van der Waals surface area contributed by atoms with Crippen LogP contribution in [0.5, 0.6) is 0 Å². The van der Waals surface area contributed by atoms with E-state index in [2.05, 4.69) is 12.2 Å². The van der Waals surface area contributed by atoms with Gasteiger partial charge in [0.1, 0.15) is 0 Å². The number of aryl methyl sites for hydroxylation is 1. The fraction of sp³-hybridized carbons (Fsp3) is 0.462. The number of methoxy groups -OCH3 is 1. The summed E-state index contributed by atoms with van der Waals surface area (Å²) in [6.07, 6.45) is 2.35. The van der Waals surface area contributed by atoms with Gasteiger partial charge in [-0.25, -0.2) is 4.79 Å². The maximum Gasteiger partial charge on any atom is 0.337 e. The Morgan fingerprint density at radius 2 is 2.31 bits per heavy atom. The Morgan fingerprint density at radius 3 is 2.94 bits per heavy atom. The number of hydrogen-bond acceptors (Lipinski definition) is 3. The van der Waals surface area contributed by atoms with E-state index in [0.29, 0.717) is 11.6 Å². The smallest absolute Gasteiger partial charge is 0.337 e. The molecule has 1 saturated heterocycles. The van der Waals surface area contributed by atoms with E-state index in [1.165, 1.54) is 24.7 Å². The van der Waals surface area contributed by atoms with Gasteiger partial charge in [0.05, 0.1) is 12.7 Å². The van der Waals surface area contributed by atoms with Crippen molar-refractivity contribution in [2.75, 3.05) is 13.7 Å². The first-order chi connectivity index (χ1) is 7.72. The first-order valence-corrected chi connectivity index (χ1v) is 5.64. The standard InChI is InChI=1S/C13H17NO2/c1-9-5-6-10(13(15)16-2)8-11(9)12-4-3-7-14-12/h5-6,8,12,14H,3-4,7H2,1-2H3. The van der Waals surface area contributed by atoms with Crippen molar-refractivity contribution in [1.82, 2.24) is 5.32 Å². The summed E-state index contributed by atoms with van der Waals surface area (Å²) in [6, 6.07) is 6.15. The lowest BCUT2D eigenvalue weighted by Gasteiger charge is -2.14. The summed E-state index contributed by atoms with van der Waals surface area (Å²) in [5, 5.41) is 3.45. The monoisotopic (exact) mass is 219 g/mol. The highest BCUT2D eigenvalue weighted by atomic mass is 16.5. The van der Waals surface area contributed by atoms with Gasteiger partial charge in [-0.3, -0.25) is 0 Å². The molecule has 0 aromatic heterocycles. The highest BCUT2D eigenvalue weighted by molar-refractivity contribution is 5.89. The minimum Gasteiger partial charge on any atom is -0.465 e. The second kappa shape index (κ2) is 4.66. The Hall–Kier alpha value is -1.35. The summed E-state index contributed by atoms with van der Waals surface area (Å²) in [6.45, 7) is 3.14. The van der Waals surface area contributed by atoms with Crippen LogP contribution in [0, 0.1) is 6.92 Å². The van der Waals surface area contributed by atoms with E-state index in [4.69, 9.17) is 4.74 Å². The van der Waals surface area contributed by atoms with Crippen molar-refractivity contribution >= 4 is 5.97 Å². The van der Waals surface area contributed by atoms with Crippen molar-refractivity contribution in [2.24, 2.45) is 0 Å². The molecule has 0 radical (unpaired) electrons. The summed E-state index contributed by atoms with van der Waals surface area (Å²) in [5.74, 6) is -0.265. The first-order valence-electron chi connectivity index (χ1n) is 5.64. The number of ether oxygens (including phenoxy) is 1. The highest BCUT2D eigenvalue weighted by Gasteiger charge is 2.19. The summed E-state index contributed by atoms with van der Waals surface area (Å²) in [7, 11) is 1.41. The number of esters is 1.